The van der Waals surface area contributed by atoms with Gasteiger partial charge in [-0.15, -0.1) is 0 Å². The maximum absolute atomic E-state index is 11.9. The Morgan fingerprint density at radius 2 is 1.81 bits per heavy atom. The topological polar surface area (TPSA) is 66.4 Å². The van der Waals surface area contributed by atoms with Crippen LogP contribution in [0.4, 0.5) is 0 Å². The van der Waals surface area contributed by atoms with Crippen LogP contribution in [0.5, 0.6) is 0 Å². The van der Waals surface area contributed by atoms with Crippen molar-refractivity contribution in [3.05, 3.63) is 0 Å². The van der Waals surface area contributed by atoms with E-state index in [-0.39, 0.29) is 17.7 Å². The number of carboxylic acid groups (broad SMARTS) is 1. The van der Waals surface area contributed by atoms with Gasteiger partial charge in [-0.25, -0.2) is 4.79 Å². The second-order valence-electron chi connectivity index (χ2n) is 5.06. The molecule has 1 unspecified atom stereocenters. The number of carbonyl (C=O) groups excluding carboxylic acids is 1. The zero-order chi connectivity index (χ0) is 12.9. The summed E-state index contributed by atoms with van der Waals surface area (Å²) >= 11 is 0. The standard InChI is InChI=1S/C12H23NO3/c1-6-7-9(8(2)3)10(14)13-12(4,5)11(15)16/h8-9H,6-7H2,1-5H3,(H,13,14)(H,15,16). The average Bonchev–Trinajstić information content (AvgIpc) is 2.12. The molecule has 1 amide bonds. The van der Waals surface area contributed by atoms with Crippen LogP contribution in [-0.2, 0) is 9.59 Å². The Hall–Kier alpha value is -1.06. The van der Waals surface area contributed by atoms with Gasteiger partial charge in [0.1, 0.15) is 5.54 Å². The molecule has 2 N–H and O–H groups in total. The van der Waals surface area contributed by atoms with E-state index in [2.05, 4.69) is 5.32 Å². The van der Waals surface area contributed by atoms with E-state index in [0.29, 0.717) is 0 Å². The minimum absolute atomic E-state index is 0.108. The highest BCUT2D eigenvalue weighted by molar-refractivity contribution is 5.87. The second-order valence-corrected chi connectivity index (χ2v) is 5.06. The minimum Gasteiger partial charge on any atom is -0.480 e. The molecule has 94 valence electrons. The zero-order valence-electron chi connectivity index (χ0n) is 10.8. The third-order valence-corrected chi connectivity index (χ3v) is 2.71. The molecule has 0 aromatic carbocycles. The van der Waals surface area contributed by atoms with Crippen LogP contribution in [0.25, 0.3) is 0 Å². The molecule has 0 heterocycles. The van der Waals surface area contributed by atoms with Crippen molar-refractivity contribution < 1.29 is 14.7 Å². The van der Waals surface area contributed by atoms with Crippen LogP contribution in [0.1, 0.15) is 47.5 Å². The smallest absolute Gasteiger partial charge is 0.328 e. The van der Waals surface area contributed by atoms with Gasteiger partial charge in [-0.1, -0.05) is 27.2 Å². The van der Waals surface area contributed by atoms with E-state index in [0.717, 1.165) is 12.8 Å². The van der Waals surface area contributed by atoms with Crippen LogP contribution >= 0.6 is 0 Å². The SMILES string of the molecule is CCCC(C(=O)NC(C)(C)C(=O)O)C(C)C. The molecule has 16 heavy (non-hydrogen) atoms. The van der Waals surface area contributed by atoms with Crippen molar-refractivity contribution in [2.75, 3.05) is 0 Å². The van der Waals surface area contributed by atoms with E-state index in [1.54, 1.807) is 0 Å². The first kappa shape index (κ1) is 14.9. The normalized spacial score (nSPS) is 13.6. The molecular formula is C12H23NO3. The number of aliphatic carboxylic acids is 1. The summed E-state index contributed by atoms with van der Waals surface area (Å²) in [6.07, 6.45) is 1.71. The first-order chi connectivity index (χ1) is 7.22. The first-order valence-corrected chi connectivity index (χ1v) is 5.77. The highest BCUT2D eigenvalue weighted by Crippen LogP contribution is 2.18. The largest absolute Gasteiger partial charge is 0.480 e. The van der Waals surface area contributed by atoms with Crippen molar-refractivity contribution in [2.45, 2.75) is 53.0 Å². The fourth-order valence-corrected chi connectivity index (χ4v) is 1.53. The molecule has 1 atom stereocenters. The van der Waals surface area contributed by atoms with Gasteiger partial charge in [0.05, 0.1) is 0 Å². The fourth-order valence-electron chi connectivity index (χ4n) is 1.53. The number of nitrogens with one attached hydrogen (secondary N) is 1. The average molecular weight is 229 g/mol. The van der Waals surface area contributed by atoms with Crippen LogP contribution in [0.3, 0.4) is 0 Å². The van der Waals surface area contributed by atoms with Gasteiger partial charge in [0, 0.05) is 5.92 Å². The molecular weight excluding hydrogens is 206 g/mol. The van der Waals surface area contributed by atoms with Gasteiger partial charge in [-0.05, 0) is 26.2 Å². The Bertz CT molecular complexity index is 259. The number of hydrogen-bond acceptors (Lipinski definition) is 2. The quantitative estimate of drug-likeness (QED) is 0.732. The molecule has 0 saturated carbocycles. The molecule has 0 saturated heterocycles. The molecule has 0 aliphatic carbocycles. The lowest BCUT2D eigenvalue weighted by Crippen LogP contribution is -2.52. The minimum atomic E-state index is -1.20. The molecule has 0 bridgehead atoms. The molecule has 0 aromatic heterocycles. The van der Waals surface area contributed by atoms with E-state index < -0.39 is 11.5 Å². The highest BCUT2D eigenvalue weighted by atomic mass is 16.4. The van der Waals surface area contributed by atoms with Gasteiger partial charge in [-0.2, -0.15) is 0 Å². The van der Waals surface area contributed by atoms with Gasteiger partial charge in [0.25, 0.3) is 0 Å². The number of carboxylic acids is 1. The molecule has 0 aliphatic heterocycles. The predicted molar refractivity (Wildman–Crippen MR) is 63.1 cm³/mol. The third kappa shape index (κ3) is 4.21. The van der Waals surface area contributed by atoms with Crippen LogP contribution < -0.4 is 5.32 Å². The van der Waals surface area contributed by atoms with Crippen molar-refractivity contribution >= 4 is 11.9 Å². The first-order valence-electron chi connectivity index (χ1n) is 5.77. The van der Waals surface area contributed by atoms with Gasteiger partial charge >= 0.3 is 5.97 Å². The van der Waals surface area contributed by atoms with Crippen molar-refractivity contribution in [3.8, 4) is 0 Å². The van der Waals surface area contributed by atoms with Crippen molar-refractivity contribution in [3.63, 3.8) is 0 Å². The predicted octanol–water partition coefficient (Wildman–Crippen LogP) is 2.04. The number of amides is 1. The van der Waals surface area contributed by atoms with E-state index in [9.17, 15) is 9.59 Å². The summed E-state index contributed by atoms with van der Waals surface area (Å²) in [5.41, 5.74) is -1.20. The number of hydrogen-bond donors (Lipinski definition) is 2. The second kappa shape index (κ2) is 5.87. The molecule has 0 aliphatic rings. The van der Waals surface area contributed by atoms with Gasteiger partial charge in [0.15, 0.2) is 0 Å². The maximum Gasteiger partial charge on any atom is 0.328 e. The van der Waals surface area contributed by atoms with Crippen LogP contribution in [0, 0.1) is 11.8 Å². The summed E-state index contributed by atoms with van der Waals surface area (Å²) in [5, 5.41) is 11.5. The summed E-state index contributed by atoms with van der Waals surface area (Å²) in [4.78, 5) is 22.8. The summed E-state index contributed by atoms with van der Waals surface area (Å²) in [6.45, 7) is 8.97. The Balaban J connectivity index is 4.59. The van der Waals surface area contributed by atoms with Gasteiger partial charge in [0.2, 0.25) is 5.91 Å². The summed E-state index contributed by atoms with van der Waals surface area (Å²) in [7, 11) is 0. The van der Waals surface area contributed by atoms with E-state index in [1.807, 2.05) is 20.8 Å². The highest BCUT2D eigenvalue weighted by Gasteiger charge is 2.32. The maximum atomic E-state index is 11.9. The molecule has 0 spiro atoms. The molecule has 0 aromatic rings. The summed E-state index contributed by atoms with van der Waals surface area (Å²) in [5.74, 6) is -1.06. The van der Waals surface area contributed by atoms with E-state index >= 15 is 0 Å². The van der Waals surface area contributed by atoms with Crippen molar-refractivity contribution in [1.82, 2.24) is 5.32 Å². The lowest BCUT2D eigenvalue weighted by Gasteiger charge is -2.26. The van der Waals surface area contributed by atoms with Gasteiger partial charge < -0.3 is 10.4 Å². The Morgan fingerprint density at radius 3 is 2.12 bits per heavy atom. The van der Waals surface area contributed by atoms with Crippen LogP contribution in [0.15, 0.2) is 0 Å². The molecule has 0 rings (SSSR count). The summed E-state index contributed by atoms with van der Waals surface area (Å²) < 4.78 is 0. The molecule has 0 fully saturated rings. The lowest BCUT2D eigenvalue weighted by molar-refractivity contribution is -0.147. The van der Waals surface area contributed by atoms with Crippen LogP contribution in [-0.4, -0.2) is 22.5 Å². The summed E-state index contributed by atoms with van der Waals surface area (Å²) in [6, 6.07) is 0. The van der Waals surface area contributed by atoms with Crippen molar-refractivity contribution in [1.29, 1.82) is 0 Å². The van der Waals surface area contributed by atoms with Crippen LogP contribution in [0.2, 0.25) is 0 Å². The molecule has 4 nitrogen and oxygen atoms in total. The lowest BCUT2D eigenvalue weighted by atomic mass is 9.89. The number of carbonyl (C=O) groups is 2. The molecule has 4 heteroatoms. The van der Waals surface area contributed by atoms with Crippen molar-refractivity contribution in [2.24, 2.45) is 11.8 Å². The van der Waals surface area contributed by atoms with E-state index in [1.165, 1.54) is 13.8 Å². The van der Waals surface area contributed by atoms with Gasteiger partial charge in [-0.3, -0.25) is 4.79 Å². The monoisotopic (exact) mass is 229 g/mol. The Labute approximate surface area is 97.4 Å². The zero-order valence-corrected chi connectivity index (χ0v) is 10.8. The molecule has 0 radical (unpaired) electrons. The fraction of sp³-hybridized carbons (Fsp3) is 0.833. The Kier molecular flexibility index (Phi) is 5.48. The Morgan fingerprint density at radius 1 is 1.31 bits per heavy atom. The third-order valence-electron chi connectivity index (χ3n) is 2.71. The van der Waals surface area contributed by atoms with E-state index in [4.69, 9.17) is 5.11 Å². The number of rotatable bonds is 6.